The van der Waals surface area contributed by atoms with E-state index in [-0.39, 0.29) is 5.56 Å². The van der Waals surface area contributed by atoms with E-state index in [4.69, 9.17) is 0 Å². The van der Waals surface area contributed by atoms with Crippen LogP contribution in [0.5, 0.6) is 0 Å². The number of anilines is 1. The topological polar surface area (TPSA) is 63.4 Å². The van der Waals surface area contributed by atoms with Gasteiger partial charge in [0.1, 0.15) is 0 Å². The fourth-order valence-electron chi connectivity index (χ4n) is 3.26. The number of hydrogen-bond donors (Lipinski definition) is 0. The molecule has 0 spiro atoms. The van der Waals surface area contributed by atoms with Gasteiger partial charge in [-0.1, -0.05) is 38.1 Å². The van der Waals surface area contributed by atoms with Crippen LogP contribution < -0.4 is 16.1 Å². The summed E-state index contributed by atoms with van der Waals surface area (Å²) in [6.07, 6.45) is 0. The van der Waals surface area contributed by atoms with Crippen molar-refractivity contribution in [3.05, 3.63) is 56.2 Å². The first kappa shape index (κ1) is 18.4. The van der Waals surface area contributed by atoms with Gasteiger partial charge in [-0.3, -0.25) is 14.3 Å². The van der Waals surface area contributed by atoms with Gasteiger partial charge < -0.3 is 4.90 Å². The van der Waals surface area contributed by atoms with Gasteiger partial charge in [0.05, 0.1) is 0 Å². The zero-order valence-corrected chi connectivity index (χ0v) is 16.0. The predicted octanol–water partition coefficient (Wildman–Crippen LogP) is 0.925. The second-order valence-electron chi connectivity index (χ2n) is 7.25. The van der Waals surface area contributed by atoms with E-state index in [1.165, 1.54) is 22.9 Å². The maximum atomic E-state index is 12.3. The first-order valence-corrected chi connectivity index (χ1v) is 9.07. The molecule has 2 aromatic rings. The Morgan fingerprint density at radius 1 is 1.00 bits per heavy atom. The second-order valence-corrected chi connectivity index (χ2v) is 7.25. The van der Waals surface area contributed by atoms with Crippen LogP contribution in [0.4, 0.5) is 5.82 Å². The first-order chi connectivity index (χ1) is 12.4. The molecule has 7 heteroatoms. The highest BCUT2D eigenvalue weighted by atomic mass is 16.2. The zero-order valence-electron chi connectivity index (χ0n) is 16.0. The van der Waals surface area contributed by atoms with Crippen molar-refractivity contribution in [3.8, 4) is 0 Å². The molecule has 140 valence electrons. The van der Waals surface area contributed by atoms with E-state index in [2.05, 4.69) is 48.1 Å². The molecule has 1 aliphatic heterocycles. The normalized spacial score (nSPS) is 15.7. The van der Waals surface area contributed by atoms with Crippen LogP contribution in [0, 0.1) is 0 Å². The summed E-state index contributed by atoms with van der Waals surface area (Å²) in [5.41, 5.74) is 1.93. The van der Waals surface area contributed by atoms with Gasteiger partial charge >= 0.3 is 5.69 Å². The highest BCUT2D eigenvalue weighted by Gasteiger charge is 2.22. The van der Waals surface area contributed by atoms with E-state index in [1.54, 1.807) is 7.05 Å². The van der Waals surface area contributed by atoms with Gasteiger partial charge in [0.15, 0.2) is 0 Å². The van der Waals surface area contributed by atoms with Gasteiger partial charge in [-0.05, 0) is 17.0 Å². The molecule has 1 saturated heterocycles. The lowest BCUT2D eigenvalue weighted by Gasteiger charge is -2.35. The summed E-state index contributed by atoms with van der Waals surface area (Å²) < 4.78 is 2.34. The third kappa shape index (κ3) is 3.72. The molecule has 0 saturated carbocycles. The Bertz CT molecular complexity index is 874. The molecule has 0 N–H and O–H groups in total. The molecule has 0 radical (unpaired) electrons. The van der Waals surface area contributed by atoms with Crippen LogP contribution in [0.1, 0.15) is 30.9 Å². The second kappa shape index (κ2) is 7.45. The summed E-state index contributed by atoms with van der Waals surface area (Å²) in [4.78, 5) is 28.5. The third-order valence-electron chi connectivity index (χ3n) is 5.03. The Balaban J connectivity index is 1.64. The summed E-state index contributed by atoms with van der Waals surface area (Å²) >= 11 is 0. The monoisotopic (exact) mass is 357 g/mol. The van der Waals surface area contributed by atoms with E-state index in [0.717, 1.165) is 37.3 Å². The minimum absolute atomic E-state index is 0.328. The van der Waals surface area contributed by atoms with Crippen molar-refractivity contribution in [1.29, 1.82) is 0 Å². The zero-order chi connectivity index (χ0) is 18.8. The Labute approximate surface area is 153 Å². The van der Waals surface area contributed by atoms with Crippen molar-refractivity contribution in [1.82, 2.24) is 19.2 Å². The molecule has 1 aromatic carbocycles. The van der Waals surface area contributed by atoms with E-state index in [1.807, 2.05) is 4.90 Å². The molecule has 1 fully saturated rings. The van der Waals surface area contributed by atoms with Crippen LogP contribution in [0.2, 0.25) is 0 Å². The number of rotatable bonds is 4. The molecule has 0 aliphatic carbocycles. The van der Waals surface area contributed by atoms with Gasteiger partial charge in [-0.15, -0.1) is 5.10 Å². The molecule has 3 rings (SSSR count). The highest BCUT2D eigenvalue weighted by molar-refractivity contribution is 5.35. The molecule has 0 unspecified atom stereocenters. The number of nitrogens with zero attached hydrogens (tertiary/aromatic N) is 5. The predicted molar refractivity (Wildman–Crippen MR) is 103 cm³/mol. The Morgan fingerprint density at radius 3 is 2.19 bits per heavy atom. The van der Waals surface area contributed by atoms with Gasteiger partial charge in [0.25, 0.3) is 5.56 Å². The summed E-state index contributed by atoms with van der Waals surface area (Å²) in [5, 5.41) is 4.17. The molecule has 1 aromatic heterocycles. The number of aryl methyl sites for hydroxylation is 1. The molecular weight excluding hydrogens is 330 g/mol. The lowest BCUT2D eigenvalue weighted by Crippen LogP contribution is -2.50. The van der Waals surface area contributed by atoms with E-state index in [9.17, 15) is 9.59 Å². The molecule has 1 aliphatic rings. The van der Waals surface area contributed by atoms with Crippen LogP contribution in [0.15, 0.2) is 33.9 Å². The van der Waals surface area contributed by atoms with Crippen molar-refractivity contribution < 1.29 is 0 Å². The fraction of sp³-hybridized carbons (Fsp3) is 0.526. The molecule has 0 bridgehead atoms. The van der Waals surface area contributed by atoms with Crippen LogP contribution in [0.3, 0.4) is 0 Å². The van der Waals surface area contributed by atoms with Crippen molar-refractivity contribution in [2.75, 3.05) is 31.1 Å². The number of hydrogen-bond acceptors (Lipinski definition) is 5. The lowest BCUT2D eigenvalue weighted by molar-refractivity contribution is 0.248. The van der Waals surface area contributed by atoms with Gasteiger partial charge in [0, 0.05) is 46.8 Å². The van der Waals surface area contributed by atoms with Crippen LogP contribution in [0.25, 0.3) is 0 Å². The smallest absolute Gasteiger partial charge is 0.346 e. The Hall–Kier alpha value is -2.41. The van der Waals surface area contributed by atoms with Crippen molar-refractivity contribution in [2.45, 2.75) is 26.3 Å². The maximum absolute atomic E-state index is 12.3. The fourth-order valence-corrected chi connectivity index (χ4v) is 3.26. The van der Waals surface area contributed by atoms with Gasteiger partial charge in [-0.2, -0.15) is 0 Å². The van der Waals surface area contributed by atoms with Crippen LogP contribution >= 0.6 is 0 Å². The molecular formula is C19H27N5O2. The van der Waals surface area contributed by atoms with Crippen LogP contribution in [-0.4, -0.2) is 45.4 Å². The first-order valence-electron chi connectivity index (χ1n) is 9.07. The Kier molecular flexibility index (Phi) is 5.27. The van der Waals surface area contributed by atoms with E-state index in [0.29, 0.717) is 11.7 Å². The van der Waals surface area contributed by atoms with Crippen molar-refractivity contribution in [2.24, 2.45) is 14.1 Å². The third-order valence-corrected chi connectivity index (χ3v) is 5.03. The van der Waals surface area contributed by atoms with Crippen molar-refractivity contribution in [3.63, 3.8) is 0 Å². The quantitative estimate of drug-likeness (QED) is 0.814. The van der Waals surface area contributed by atoms with Gasteiger partial charge in [0.2, 0.25) is 5.82 Å². The average Bonchev–Trinajstić information content (AvgIpc) is 2.64. The Morgan fingerprint density at radius 2 is 1.62 bits per heavy atom. The highest BCUT2D eigenvalue weighted by Crippen LogP contribution is 2.16. The largest absolute Gasteiger partial charge is 0.348 e. The maximum Gasteiger partial charge on any atom is 0.346 e. The van der Waals surface area contributed by atoms with Crippen molar-refractivity contribution >= 4 is 5.82 Å². The van der Waals surface area contributed by atoms with Gasteiger partial charge in [-0.25, -0.2) is 9.48 Å². The molecule has 0 amide bonds. The molecule has 26 heavy (non-hydrogen) atoms. The number of benzene rings is 1. The molecule has 0 atom stereocenters. The minimum Gasteiger partial charge on any atom is -0.348 e. The summed E-state index contributed by atoms with van der Waals surface area (Å²) in [6.45, 7) is 8.48. The molecule has 2 heterocycles. The van der Waals surface area contributed by atoms with E-state index < -0.39 is 5.69 Å². The average molecular weight is 357 g/mol. The lowest BCUT2D eigenvalue weighted by atomic mass is 10.0. The van der Waals surface area contributed by atoms with Crippen LogP contribution in [-0.2, 0) is 20.6 Å². The summed E-state index contributed by atoms with van der Waals surface area (Å²) in [7, 11) is 3.06. The van der Waals surface area contributed by atoms with E-state index >= 15 is 0 Å². The SMILES string of the molecule is CC(C)c1ccc(CN2CCN(c3nn(C)c(=O)n(C)c3=O)CC2)cc1. The summed E-state index contributed by atoms with van der Waals surface area (Å²) in [6, 6.07) is 8.81. The minimum atomic E-state index is -0.401. The number of aromatic nitrogens is 3. The number of piperazine rings is 1. The molecule has 7 nitrogen and oxygen atoms in total. The standard InChI is InChI=1S/C19H27N5O2/c1-14(2)16-7-5-15(6-8-16)13-23-9-11-24(12-10-23)17-18(25)21(3)19(26)22(4)20-17/h5-8,14H,9-13H2,1-4H3. The summed E-state index contributed by atoms with van der Waals surface area (Å²) in [5.74, 6) is 0.903.